The highest BCUT2D eigenvalue weighted by atomic mass is 16.5. The zero-order valence-electron chi connectivity index (χ0n) is 29.0. The smallest absolute Gasteiger partial charge is 0.345 e. The summed E-state index contributed by atoms with van der Waals surface area (Å²) < 4.78 is 11.2. The Labute approximate surface area is 275 Å². The second kappa shape index (κ2) is 16.6. The fraction of sp³-hybridized carbons (Fsp3) is 0.658. The number of hydrogen-bond acceptors (Lipinski definition) is 8. The Morgan fingerprint density at radius 2 is 1.78 bits per heavy atom. The molecular formula is C38H58O8. The Morgan fingerprint density at radius 1 is 1.11 bits per heavy atom. The van der Waals surface area contributed by atoms with Crippen molar-refractivity contribution in [3.63, 3.8) is 0 Å². The maximum absolute atomic E-state index is 13.0. The van der Waals surface area contributed by atoms with Crippen LogP contribution in [0.3, 0.4) is 0 Å². The van der Waals surface area contributed by atoms with E-state index in [1.54, 1.807) is 0 Å². The SMILES string of the molecule is CCC(C)CC(C)/C=C(C)/C=C/CC(C)C(O)C(C)/C=C(C)/C=C/C1CC1(C)c1cc(O)c(C2OC(CO)CC(O)C2O)c(=O)o1. The van der Waals surface area contributed by atoms with E-state index in [1.165, 1.54) is 24.5 Å². The summed E-state index contributed by atoms with van der Waals surface area (Å²) in [6.45, 7) is 16.6. The molecule has 2 heterocycles. The summed E-state index contributed by atoms with van der Waals surface area (Å²) in [6, 6.07) is 1.39. The van der Waals surface area contributed by atoms with Gasteiger partial charge in [-0.15, -0.1) is 0 Å². The van der Waals surface area contributed by atoms with Crippen LogP contribution in [0.1, 0.15) is 105 Å². The Hall–Kier alpha value is -2.49. The second-order valence-corrected chi connectivity index (χ2v) is 14.5. The summed E-state index contributed by atoms with van der Waals surface area (Å²) in [5, 5.41) is 51.8. The van der Waals surface area contributed by atoms with Crippen molar-refractivity contribution < 1.29 is 34.7 Å². The van der Waals surface area contributed by atoms with Gasteiger partial charge in [-0.1, -0.05) is 95.6 Å². The normalized spacial score (nSPS) is 30.8. The van der Waals surface area contributed by atoms with Crippen LogP contribution < -0.4 is 5.63 Å². The zero-order valence-corrected chi connectivity index (χ0v) is 29.0. The molecule has 2 aliphatic rings. The molecule has 1 aromatic heterocycles. The van der Waals surface area contributed by atoms with Crippen molar-refractivity contribution in [1.82, 2.24) is 0 Å². The molecular weight excluding hydrogens is 584 g/mol. The van der Waals surface area contributed by atoms with Gasteiger partial charge in [0.25, 0.3) is 0 Å². The topological polar surface area (TPSA) is 141 Å². The lowest BCUT2D eigenvalue weighted by molar-refractivity contribution is -0.180. The third-order valence-corrected chi connectivity index (χ3v) is 10.0. The summed E-state index contributed by atoms with van der Waals surface area (Å²) in [5.41, 5.74) is 0.690. The van der Waals surface area contributed by atoms with Crippen LogP contribution in [0.2, 0.25) is 0 Å². The van der Waals surface area contributed by atoms with Crippen molar-refractivity contribution in [3.8, 4) is 5.75 Å². The van der Waals surface area contributed by atoms with E-state index in [0.29, 0.717) is 11.7 Å². The molecule has 258 valence electrons. The first-order valence-corrected chi connectivity index (χ1v) is 17.0. The van der Waals surface area contributed by atoms with E-state index in [-0.39, 0.29) is 35.5 Å². The molecule has 5 N–H and O–H groups in total. The van der Waals surface area contributed by atoms with Gasteiger partial charge in [-0.05, 0) is 56.8 Å². The van der Waals surface area contributed by atoms with Gasteiger partial charge in [-0.3, -0.25) is 0 Å². The van der Waals surface area contributed by atoms with Crippen LogP contribution in [0, 0.1) is 29.6 Å². The van der Waals surface area contributed by atoms with E-state index in [1.807, 2.05) is 26.8 Å². The van der Waals surface area contributed by atoms with E-state index in [0.717, 1.165) is 24.3 Å². The number of aliphatic hydroxyl groups excluding tert-OH is 4. The summed E-state index contributed by atoms with van der Waals surface area (Å²) >= 11 is 0. The number of ether oxygens (including phenoxy) is 1. The Balaban J connectivity index is 1.58. The predicted octanol–water partition coefficient (Wildman–Crippen LogP) is 6.27. The van der Waals surface area contributed by atoms with Crippen molar-refractivity contribution in [1.29, 1.82) is 0 Å². The summed E-state index contributed by atoms with van der Waals surface area (Å²) in [4.78, 5) is 13.0. The lowest BCUT2D eigenvalue weighted by Crippen LogP contribution is -2.45. The highest BCUT2D eigenvalue weighted by Crippen LogP contribution is 2.55. The highest BCUT2D eigenvalue weighted by molar-refractivity contribution is 5.39. The Kier molecular flexibility index (Phi) is 13.7. The van der Waals surface area contributed by atoms with E-state index < -0.39 is 48.2 Å². The van der Waals surface area contributed by atoms with Gasteiger partial charge in [0.15, 0.2) is 0 Å². The molecule has 0 amide bonds. The van der Waals surface area contributed by atoms with Crippen LogP contribution >= 0.6 is 0 Å². The van der Waals surface area contributed by atoms with Crippen molar-refractivity contribution in [2.45, 2.75) is 123 Å². The van der Waals surface area contributed by atoms with Gasteiger partial charge in [0.1, 0.15) is 29.3 Å². The minimum atomic E-state index is -1.44. The number of rotatable bonds is 15. The fourth-order valence-corrected chi connectivity index (χ4v) is 6.64. The summed E-state index contributed by atoms with van der Waals surface area (Å²) in [7, 11) is 0. The van der Waals surface area contributed by atoms with Crippen LogP contribution in [0.25, 0.3) is 0 Å². The first-order valence-electron chi connectivity index (χ1n) is 17.0. The van der Waals surface area contributed by atoms with Crippen molar-refractivity contribution in [3.05, 3.63) is 75.4 Å². The molecule has 1 saturated heterocycles. The molecule has 46 heavy (non-hydrogen) atoms. The maximum atomic E-state index is 13.0. The molecule has 11 atom stereocenters. The molecule has 1 aliphatic heterocycles. The lowest BCUT2D eigenvalue weighted by atomic mass is 9.89. The number of hydrogen-bond donors (Lipinski definition) is 5. The van der Waals surface area contributed by atoms with Gasteiger partial charge in [-0.25, -0.2) is 4.79 Å². The van der Waals surface area contributed by atoms with E-state index >= 15 is 0 Å². The second-order valence-electron chi connectivity index (χ2n) is 14.5. The third kappa shape index (κ3) is 9.77. The zero-order chi connectivity index (χ0) is 34.3. The molecule has 0 radical (unpaired) electrons. The van der Waals surface area contributed by atoms with E-state index in [2.05, 4.69) is 65.0 Å². The third-order valence-electron chi connectivity index (χ3n) is 10.0. The highest BCUT2D eigenvalue weighted by Gasteiger charge is 2.52. The molecule has 0 bridgehead atoms. The van der Waals surface area contributed by atoms with Crippen LogP contribution in [-0.2, 0) is 10.2 Å². The quantitative estimate of drug-likeness (QED) is 0.141. The van der Waals surface area contributed by atoms with Crippen molar-refractivity contribution in [2.75, 3.05) is 6.61 Å². The standard InChI is InChI=1S/C38H58O8/c1-9-22(2)15-25(5)16-23(3)11-10-12-26(6)34(42)27(7)17-24(4)13-14-28-20-38(28,8)32-19-30(40)33(37(44)46-32)36-35(43)31(41)18-29(21-39)45-36/h10-11,13-14,16-17,19,22,25-29,31,34-36,39-43H,9,12,15,18,20-21H2,1-8H3/b11-10+,14-13+,23-16+,24-17+. The molecule has 2 fully saturated rings. The number of allylic oxidation sites excluding steroid dienone is 7. The lowest BCUT2D eigenvalue weighted by Gasteiger charge is -2.36. The average Bonchev–Trinajstić information content (AvgIpc) is 3.67. The Bertz CT molecular complexity index is 1320. The van der Waals surface area contributed by atoms with Gasteiger partial charge in [-0.2, -0.15) is 0 Å². The minimum Gasteiger partial charge on any atom is -0.507 e. The summed E-state index contributed by atoms with van der Waals surface area (Å²) in [5.74, 6) is 1.39. The first kappa shape index (κ1) is 38.0. The van der Waals surface area contributed by atoms with Crippen molar-refractivity contribution in [2.24, 2.45) is 29.6 Å². The van der Waals surface area contributed by atoms with Gasteiger partial charge in [0, 0.05) is 23.8 Å². The predicted molar refractivity (Wildman–Crippen MR) is 181 cm³/mol. The minimum absolute atomic E-state index is 0.0161. The van der Waals surface area contributed by atoms with Crippen LogP contribution in [0.4, 0.5) is 0 Å². The molecule has 0 aromatic carbocycles. The molecule has 1 saturated carbocycles. The fourth-order valence-electron chi connectivity index (χ4n) is 6.64. The molecule has 1 aromatic rings. The van der Waals surface area contributed by atoms with Gasteiger partial charge >= 0.3 is 5.63 Å². The van der Waals surface area contributed by atoms with Gasteiger partial charge in [0.2, 0.25) is 0 Å². The van der Waals surface area contributed by atoms with Crippen LogP contribution in [0.5, 0.6) is 5.75 Å². The number of aliphatic hydroxyl groups is 4. The largest absolute Gasteiger partial charge is 0.507 e. The van der Waals surface area contributed by atoms with Crippen molar-refractivity contribution >= 4 is 0 Å². The molecule has 1 aliphatic carbocycles. The number of aromatic hydroxyl groups is 1. The van der Waals surface area contributed by atoms with E-state index in [9.17, 15) is 30.3 Å². The Morgan fingerprint density at radius 3 is 2.41 bits per heavy atom. The summed E-state index contributed by atoms with van der Waals surface area (Å²) in [6.07, 6.45) is 11.5. The van der Waals surface area contributed by atoms with E-state index in [4.69, 9.17) is 9.15 Å². The molecule has 3 rings (SSSR count). The molecule has 0 spiro atoms. The molecule has 8 nitrogen and oxygen atoms in total. The monoisotopic (exact) mass is 642 g/mol. The molecule has 11 unspecified atom stereocenters. The van der Waals surface area contributed by atoms with Crippen LogP contribution in [-0.4, -0.2) is 56.6 Å². The first-order chi connectivity index (χ1) is 21.6. The molecule has 8 heteroatoms. The average molecular weight is 643 g/mol. The van der Waals surface area contributed by atoms with Gasteiger partial charge in [0.05, 0.1) is 24.9 Å². The maximum Gasteiger partial charge on any atom is 0.345 e. The van der Waals surface area contributed by atoms with Crippen LogP contribution in [0.15, 0.2) is 62.9 Å². The van der Waals surface area contributed by atoms with Gasteiger partial charge < -0.3 is 34.7 Å².